The summed E-state index contributed by atoms with van der Waals surface area (Å²) in [6.45, 7) is 0.411. The van der Waals surface area contributed by atoms with Crippen LogP contribution in [0.4, 0.5) is 4.39 Å². The van der Waals surface area contributed by atoms with Gasteiger partial charge in [-0.2, -0.15) is 0 Å². The van der Waals surface area contributed by atoms with Crippen molar-refractivity contribution in [2.45, 2.75) is 6.42 Å². The van der Waals surface area contributed by atoms with E-state index in [0.29, 0.717) is 46.6 Å². The van der Waals surface area contributed by atoms with Crippen LogP contribution in [-0.4, -0.2) is 36.2 Å². The zero-order valence-electron chi connectivity index (χ0n) is 18.6. The minimum absolute atomic E-state index is 0.148. The number of amides is 1. The van der Waals surface area contributed by atoms with Gasteiger partial charge in [-0.15, -0.1) is 0 Å². The molecule has 174 valence electrons. The lowest BCUT2D eigenvalue weighted by atomic mass is 10.1. The number of H-pyrrole nitrogens is 1. The molecule has 0 saturated carbocycles. The van der Waals surface area contributed by atoms with Crippen LogP contribution in [-0.2, 0) is 6.42 Å². The van der Waals surface area contributed by atoms with Gasteiger partial charge in [-0.1, -0.05) is 6.07 Å². The average Bonchev–Trinajstić information content (AvgIpc) is 2.84. The highest BCUT2D eigenvalue weighted by molar-refractivity contribution is 7.71. The first-order valence-corrected chi connectivity index (χ1v) is 10.9. The molecule has 1 heterocycles. The van der Waals surface area contributed by atoms with Crippen molar-refractivity contribution in [2.75, 3.05) is 20.8 Å². The van der Waals surface area contributed by atoms with Gasteiger partial charge in [0.2, 0.25) is 0 Å². The Morgan fingerprint density at radius 2 is 1.76 bits per heavy atom. The monoisotopic (exact) mass is 479 g/mol. The number of ether oxygens (including phenoxy) is 2. The lowest BCUT2D eigenvalue weighted by Gasteiger charge is -2.11. The van der Waals surface area contributed by atoms with Crippen LogP contribution >= 0.6 is 12.2 Å². The molecule has 4 aromatic rings. The molecular formula is C25H22FN3O4S. The van der Waals surface area contributed by atoms with Gasteiger partial charge in [-0.25, -0.2) is 4.39 Å². The van der Waals surface area contributed by atoms with Gasteiger partial charge in [0.05, 0.1) is 30.8 Å². The van der Waals surface area contributed by atoms with Crippen molar-refractivity contribution >= 4 is 29.0 Å². The minimum atomic E-state index is -0.408. The first-order chi connectivity index (χ1) is 16.4. The predicted octanol–water partition coefficient (Wildman–Crippen LogP) is 4.18. The summed E-state index contributed by atoms with van der Waals surface area (Å²) in [6, 6.07) is 15.8. The molecule has 0 atom stereocenters. The molecule has 0 fully saturated rings. The molecule has 34 heavy (non-hydrogen) atoms. The SMILES string of the molecule is COc1ccc(CCNC(=O)c2ccc3c(=O)n(-c4ccc(F)cc4)c(=S)[nH]c3c2)cc1OC. The normalized spacial score (nSPS) is 10.8. The summed E-state index contributed by atoms with van der Waals surface area (Å²) in [5, 5.41) is 3.24. The van der Waals surface area contributed by atoms with Crippen molar-refractivity contribution in [3.63, 3.8) is 0 Å². The number of nitrogens with one attached hydrogen (secondary N) is 2. The van der Waals surface area contributed by atoms with E-state index >= 15 is 0 Å². The average molecular weight is 480 g/mol. The third kappa shape index (κ3) is 4.69. The van der Waals surface area contributed by atoms with Crippen molar-refractivity contribution in [2.24, 2.45) is 0 Å². The van der Waals surface area contributed by atoms with Gasteiger partial charge in [-0.3, -0.25) is 14.2 Å². The Labute approximate surface area is 199 Å². The fourth-order valence-corrected chi connectivity index (χ4v) is 3.94. The van der Waals surface area contributed by atoms with E-state index in [2.05, 4.69) is 10.3 Å². The number of aromatic amines is 1. The second-order valence-corrected chi connectivity index (χ2v) is 7.89. The van der Waals surface area contributed by atoms with Gasteiger partial charge in [0.15, 0.2) is 16.3 Å². The zero-order chi connectivity index (χ0) is 24.2. The highest BCUT2D eigenvalue weighted by atomic mass is 32.1. The molecule has 1 amide bonds. The van der Waals surface area contributed by atoms with Crippen molar-refractivity contribution in [3.8, 4) is 17.2 Å². The molecular weight excluding hydrogens is 457 g/mol. The van der Waals surface area contributed by atoms with Gasteiger partial charge in [-0.05, 0) is 78.8 Å². The van der Waals surface area contributed by atoms with E-state index in [9.17, 15) is 14.0 Å². The summed E-state index contributed by atoms with van der Waals surface area (Å²) in [5.41, 5.74) is 1.92. The maximum absolute atomic E-state index is 13.3. The molecule has 0 unspecified atom stereocenters. The van der Waals surface area contributed by atoms with Crippen LogP contribution in [0.2, 0.25) is 0 Å². The van der Waals surface area contributed by atoms with Gasteiger partial charge in [0, 0.05) is 12.1 Å². The summed E-state index contributed by atoms with van der Waals surface area (Å²) in [4.78, 5) is 28.7. The summed E-state index contributed by atoms with van der Waals surface area (Å²) in [7, 11) is 3.15. The third-order valence-corrected chi connectivity index (χ3v) is 5.68. The Hall–Kier alpha value is -3.98. The lowest BCUT2D eigenvalue weighted by molar-refractivity contribution is 0.0954. The third-order valence-electron chi connectivity index (χ3n) is 5.39. The number of carbonyl (C=O) groups is 1. The number of carbonyl (C=O) groups excluding carboxylic acids is 1. The zero-order valence-corrected chi connectivity index (χ0v) is 19.4. The Bertz CT molecular complexity index is 1480. The largest absolute Gasteiger partial charge is 0.493 e. The number of aromatic nitrogens is 2. The van der Waals surface area contributed by atoms with Gasteiger partial charge in [0.25, 0.3) is 11.5 Å². The molecule has 4 rings (SSSR count). The second-order valence-electron chi connectivity index (χ2n) is 7.50. The van der Waals surface area contributed by atoms with Crippen LogP contribution in [0.25, 0.3) is 16.6 Å². The summed E-state index contributed by atoms with van der Waals surface area (Å²) >= 11 is 5.35. The van der Waals surface area contributed by atoms with Crippen LogP contribution in [0.1, 0.15) is 15.9 Å². The number of nitrogens with zero attached hydrogens (tertiary/aromatic N) is 1. The molecule has 0 bridgehead atoms. The van der Waals surface area contributed by atoms with Crippen LogP contribution < -0.4 is 20.3 Å². The molecule has 9 heteroatoms. The lowest BCUT2D eigenvalue weighted by Crippen LogP contribution is -2.26. The van der Waals surface area contributed by atoms with Crippen LogP contribution in [0.5, 0.6) is 11.5 Å². The first kappa shape index (κ1) is 23.2. The standard InChI is InChI=1S/C25H22FN3O4S/c1-32-21-10-3-15(13-22(21)33-2)11-12-27-23(30)16-4-9-19-20(14-16)28-25(34)29(24(19)31)18-7-5-17(26)6-8-18/h3-10,13-14H,11-12H2,1-2H3,(H,27,30)(H,28,34). The quantitative estimate of drug-likeness (QED) is 0.389. The minimum Gasteiger partial charge on any atom is -0.493 e. The number of hydrogen-bond acceptors (Lipinski definition) is 5. The smallest absolute Gasteiger partial charge is 0.266 e. The second kappa shape index (κ2) is 9.88. The van der Waals surface area contributed by atoms with E-state index in [1.54, 1.807) is 32.4 Å². The van der Waals surface area contributed by atoms with Gasteiger partial charge in [0.1, 0.15) is 5.82 Å². The summed E-state index contributed by atoms with van der Waals surface area (Å²) < 4.78 is 25.2. The van der Waals surface area contributed by atoms with E-state index in [4.69, 9.17) is 21.7 Å². The molecule has 7 nitrogen and oxygen atoms in total. The Balaban J connectivity index is 1.52. The van der Waals surface area contributed by atoms with Crippen LogP contribution in [0.3, 0.4) is 0 Å². The van der Waals surface area contributed by atoms with Crippen LogP contribution in [0, 0.1) is 10.6 Å². The molecule has 0 aliphatic rings. The number of rotatable bonds is 7. The van der Waals surface area contributed by atoms with Crippen molar-refractivity contribution in [1.82, 2.24) is 14.9 Å². The van der Waals surface area contributed by atoms with Crippen molar-refractivity contribution < 1.29 is 18.7 Å². The number of fused-ring (bicyclic) bond motifs is 1. The maximum atomic E-state index is 13.3. The fourth-order valence-electron chi connectivity index (χ4n) is 3.64. The van der Waals surface area contributed by atoms with Gasteiger partial charge >= 0.3 is 0 Å². The molecule has 1 aromatic heterocycles. The molecule has 2 N–H and O–H groups in total. The van der Waals surface area contributed by atoms with Gasteiger partial charge < -0.3 is 19.8 Å². The highest BCUT2D eigenvalue weighted by Crippen LogP contribution is 2.27. The molecule has 0 saturated heterocycles. The van der Waals surface area contributed by atoms with E-state index in [1.807, 2.05) is 18.2 Å². The Morgan fingerprint density at radius 3 is 2.47 bits per heavy atom. The molecule has 0 aliphatic heterocycles. The van der Waals surface area contributed by atoms with E-state index in [0.717, 1.165) is 5.56 Å². The fraction of sp³-hybridized carbons (Fsp3) is 0.160. The molecule has 0 radical (unpaired) electrons. The van der Waals surface area contributed by atoms with Crippen molar-refractivity contribution in [3.05, 3.63) is 92.7 Å². The Morgan fingerprint density at radius 1 is 1.03 bits per heavy atom. The summed E-state index contributed by atoms with van der Waals surface area (Å²) in [6.07, 6.45) is 0.602. The highest BCUT2D eigenvalue weighted by Gasteiger charge is 2.12. The Kier molecular flexibility index (Phi) is 6.74. The first-order valence-electron chi connectivity index (χ1n) is 10.5. The molecule has 0 aliphatic carbocycles. The number of halogens is 1. The van der Waals surface area contributed by atoms with Crippen LogP contribution in [0.15, 0.2) is 65.5 Å². The van der Waals surface area contributed by atoms with E-state index in [-0.39, 0.29) is 16.2 Å². The predicted molar refractivity (Wildman–Crippen MR) is 130 cm³/mol. The summed E-state index contributed by atoms with van der Waals surface area (Å²) in [5.74, 6) is 0.586. The molecule has 3 aromatic carbocycles. The topological polar surface area (TPSA) is 85.4 Å². The number of benzene rings is 3. The van der Waals surface area contributed by atoms with Crippen molar-refractivity contribution in [1.29, 1.82) is 0 Å². The molecule has 0 spiro atoms. The number of methoxy groups -OCH3 is 2. The van der Waals surface area contributed by atoms with E-state index < -0.39 is 5.82 Å². The number of hydrogen-bond donors (Lipinski definition) is 2. The van der Waals surface area contributed by atoms with E-state index in [1.165, 1.54) is 28.8 Å². The maximum Gasteiger partial charge on any atom is 0.266 e.